The van der Waals surface area contributed by atoms with Crippen LogP contribution in [-0.4, -0.2) is 22.1 Å². The van der Waals surface area contributed by atoms with E-state index in [2.05, 4.69) is 40.1 Å². The zero-order valence-electron chi connectivity index (χ0n) is 15.4. The van der Waals surface area contributed by atoms with Gasteiger partial charge in [0.1, 0.15) is 5.15 Å². The lowest BCUT2D eigenvalue weighted by atomic mass is 9.96. The topological polar surface area (TPSA) is 88.2 Å². The molecule has 0 radical (unpaired) electrons. The summed E-state index contributed by atoms with van der Waals surface area (Å²) >= 11 is 9.52. The zero-order chi connectivity index (χ0) is 20.1. The molecule has 1 atom stereocenters. The summed E-state index contributed by atoms with van der Waals surface area (Å²) in [6, 6.07) is 6.13. The van der Waals surface area contributed by atoms with E-state index in [-0.39, 0.29) is 6.04 Å². The van der Waals surface area contributed by atoms with Crippen molar-refractivity contribution in [2.45, 2.75) is 38.8 Å². The molecule has 0 aliphatic heterocycles. The highest BCUT2D eigenvalue weighted by Crippen LogP contribution is 2.33. The second-order valence-electron chi connectivity index (χ2n) is 6.60. The summed E-state index contributed by atoms with van der Waals surface area (Å²) in [6.45, 7) is 2.88. The maximum atomic E-state index is 10.4. The Kier molecular flexibility index (Phi) is 7.07. The Morgan fingerprint density at radius 3 is 2.93 bits per heavy atom. The number of carboxylic acids is 1. The van der Waals surface area contributed by atoms with Crippen LogP contribution in [0, 0.1) is 6.92 Å². The Hall–Kier alpha value is -1.93. The van der Waals surface area contributed by atoms with Gasteiger partial charge in [0.15, 0.2) is 0 Å². The molecule has 3 aromatic rings. The number of hydrogen-bond donors (Lipinski definition) is 3. The Morgan fingerprint density at radius 2 is 2.29 bits per heavy atom. The average molecular weight is 436 g/mol. The van der Waals surface area contributed by atoms with Crippen LogP contribution >= 0.6 is 34.3 Å². The number of carbonyl (C=O) groups is 1. The van der Waals surface area contributed by atoms with E-state index in [1.807, 2.05) is 6.07 Å². The van der Waals surface area contributed by atoms with Crippen LogP contribution in [0.1, 0.15) is 29.7 Å². The first-order valence-corrected chi connectivity index (χ1v) is 11.1. The maximum Gasteiger partial charge on any atom is 0.331 e. The Bertz CT molecular complexity index is 983. The fourth-order valence-electron chi connectivity index (χ4n) is 2.93. The SMILES string of the molecule is Cc1csc2c(NCc3cccs3)cc(Cl)nc12.NC1CCC=C(C(=O)O)C1. The number of fused-ring (bicyclic) bond motifs is 1. The van der Waals surface area contributed by atoms with Crippen molar-refractivity contribution in [1.29, 1.82) is 0 Å². The first kappa shape index (κ1) is 20.8. The van der Waals surface area contributed by atoms with E-state index in [4.69, 9.17) is 22.4 Å². The number of nitrogens with one attached hydrogen (secondary N) is 1. The van der Waals surface area contributed by atoms with Crippen LogP contribution < -0.4 is 11.1 Å². The van der Waals surface area contributed by atoms with Gasteiger partial charge in [-0.2, -0.15) is 0 Å². The third-order valence-corrected chi connectivity index (χ3v) is 6.58. The number of carboxylic acid groups (broad SMARTS) is 1. The second-order valence-corrected chi connectivity index (χ2v) is 8.90. The molecule has 28 heavy (non-hydrogen) atoms. The van der Waals surface area contributed by atoms with Gasteiger partial charge in [-0.3, -0.25) is 0 Å². The highest BCUT2D eigenvalue weighted by molar-refractivity contribution is 7.18. The quantitative estimate of drug-likeness (QED) is 0.475. The average Bonchev–Trinajstić information content (AvgIpc) is 3.31. The molecule has 1 aliphatic rings. The summed E-state index contributed by atoms with van der Waals surface area (Å²) in [5.74, 6) is -0.824. The molecule has 8 heteroatoms. The molecule has 0 fully saturated rings. The molecular formula is C20H22ClN3O2S2. The van der Waals surface area contributed by atoms with Gasteiger partial charge in [0.05, 0.1) is 15.9 Å². The molecule has 0 aromatic carbocycles. The van der Waals surface area contributed by atoms with Gasteiger partial charge in [0, 0.05) is 29.1 Å². The number of hydrogen-bond acceptors (Lipinski definition) is 6. The van der Waals surface area contributed by atoms with Crippen molar-refractivity contribution in [3.05, 3.63) is 56.2 Å². The monoisotopic (exact) mass is 435 g/mol. The minimum Gasteiger partial charge on any atom is -0.478 e. The number of pyridine rings is 1. The molecule has 4 rings (SSSR count). The molecule has 0 bridgehead atoms. The highest BCUT2D eigenvalue weighted by atomic mass is 35.5. The van der Waals surface area contributed by atoms with E-state index in [9.17, 15) is 4.79 Å². The van der Waals surface area contributed by atoms with Gasteiger partial charge in [-0.05, 0) is 48.6 Å². The Labute approximate surface area is 176 Å². The molecule has 3 heterocycles. The molecule has 0 amide bonds. The molecule has 1 aliphatic carbocycles. The van der Waals surface area contributed by atoms with Crippen molar-refractivity contribution in [1.82, 2.24) is 4.98 Å². The minimum atomic E-state index is -0.824. The molecule has 5 nitrogen and oxygen atoms in total. The van der Waals surface area contributed by atoms with Crippen molar-refractivity contribution in [2.24, 2.45) is 5.73 Å². The number of nitrogens with two attached hydrogens (primary N) is 1. The lowest BCUT2D eigenvalue weighted by molar-refractivity contribution is -0.132. The van der Waals surface area contributed by atoms with Gasteiger partial charge >= 0.3 is 5.97 Å². The van der Waals surface area contributed by atoms with Crippen LogP contribution in [0.5, 0.6) is 0 Å². The molecule has 148 valence electrons. The summed E-state index contributed by atoms with van der Waals surface area (Å²) in [7, 11) is 0. The van der Waals surface area contributed by atoms with Crippen LogP contribution in [0.15, 0.2) is 40.6 Å². The van der Waals surface area contributed by atoms with Gasteiger partial charge < -0.3 is 16.2 Å². The van der Waals surface area contributed by atoms with Crippen LogP contribution in [0.25, 0.3) is 10.2 Å². The third-order valence-electron chi connectivity index (χ3n) is 4.39. The fraction of sp³-hybridized carbons (Fsp3) is 0.300. The van der Waals surface area contributed by atoms with E-state index in [1.54, 1.807) is 28.7 Å². The molecule has 0 saturated carbocycles. The number of thiophene rings is 2. The van der Waals surface area contributed by atoms with E-state index >= 15 is 0 Å². The molecular weight excluding hydrogens is 414 g/mol. The second kappa shape index (κ2) is 9.52. The van der Waals surface area contributed by atoms with Crippen molar-refractivity contribution in [3.63, 3.8) is 0 Å². The molecule has 3 aromatic heterocycles. The summed E-state index contributed by atoms with van der Waals surface area (Å²) in [5.41, 5.74) is 9.27. The largest absolute Gasteiger partial charge is 0.478 e. The summed E-state index contributed by atoms with van der Waals surface area (Å²) < 4.78 is 1.17. The first-order valence-electron chi connectivity index (χ1n) is 8.92. The Balaban J connectivity index is 0.000000192. The van der Waals surface area contributed by atoms with Gasteiger partial charge in [-0.15, -0.1) is 22.7 Å². The van der Waals surface area contributed by atoms with Gasteiger partial charge in [0.25, 0.3) is 0 Å². The van der Waals surface area contributed by atoms with Crippen molar-refractivity contribution < 1.29 is 9.90 Å². The zero-order valence-corrected chi connectivity index (χ0v) is 17.8. The number of nitrogens with zero attached hydrogens (tertiary/aromatic N) is 1. The molecule has 0 spiro atoms. The van der Waals surface area contributed by atoms with E-state index in [1.165, 1.54) is 15.1 Å². The lowest BCUT2D eigenvalue weighted by Gasteiger charge is -2.15. The van der Waals surface area contributed by atoms with Crippen LogP contribution in [0.2, 0.25) is 5.15 Å². The Morgan fingerprint density at radius 1 is 1.46 bits per heavy atom. The molecule has 0 saturated heterocycles. The van der Waals surface area contributed by atoms with Gasteiger partial charge in [-0.25, -0.2) is 9.78 Å². The number of halogens is 1. The predicted octanol–water partition coefficient (Wildman–Crippen LogP) is 5.44. The number of aromatic nitrogens is 1. The standard InChI is InChI=1S/C13H11ClN2S2.C7H11NO2/c1-8-7-18-13-10(5-11(14)16-12(8)13)15-6-9-3-2-4-17-9;8-6-3-1-2-5(4-6)7(9)10/h2-5,7H,6H2,1H3,(H,15,16);2,6H,1,3-4,8H2,(H,9,10). The number of aryl methyl sites for hydroxylation is 1. The maximum absolute atomic E-state index is 10.4. The number of anilines is 1. The van der Waals surface area contributed by atoms with Gasteiger partial charge in [0.2, 0.25) is 0 Å². The third kappa shape index (κ3) is 5.32. The summed E-state index contributed by atoms with van der Waals surface area (Å²) in [4.78, 5) is 16.1. The van der Waals surface area contributed by atoms with E-state index < -0.39 is 5.97 Å². The smallest absolute Gasteiger partial charge is 0.331 e. The summed E-state index contributed by atoms with van der Waals surface area (Å²) in [6.07, 6.45) is 4.00. The van der Waals surface area contributed by atoms with Crippen molar-refractivity contribution in [2.75, 3.05) is 5.32 Å². The number of allylic oxidation sites excluding steroid dienone is 1. The van der Waals surface area contributed by atoms with Crippen LogP contribution in [-0.2, 0) is 11.3 Å². The highest BCUT2D eigenvalue weighted by Gasteiger charge is 2.15. The summed E-state index contributed by atoms with van der Waals surface area (Å²) in [5, 5.41) is 16.7. The molecule has 4 N–H and O–H groups in total. The van der Waals surface area contributed by atoms with Crippen molar-refractivity contribution >= 4 is 56.1 Å². The lowest BCUT2D eigenvalue weighted by Crippen LogP contribution is -2.24. The molecule has 1 unspecified atom stereocenters. The van der Waals surface area contributed by atoms with E-state index in [0.717, 1.165) is 30.6 Å². The number of aliphatic carboxylic acids is 1. The fourth-order valence-corrected chi connectivity index (χ4v) is 4.75. The predicted molar refractivity (Wildman–Crippen MR) is 119 cm³/mol. The van der Waals surface area contributed by atoms with Crippen molar-refractivity contribution in [3.8, 4) is 0 Å². The van der Waals surface area contributed by atoms with Gasteiger partial charge in [-0.1, -0.05) is 23.7 Å². The first-order chi connectivity index (χ1) is 13.4. The van der Waals surface area contributed by atoms with Crippen LogP contribution in [0.3, 0.4) is 0 Å². The minimum absolute atomic E-state index is 0.0519. The number of rotatable bonds is 4. The van der Waals surface area contributed by atoms with Crippen LogP contribution in [0.4, 0.5) is 5.69 Å². The normalized spacial score (nSPS) is 16.2. The van der Waals surface area contributed by atoms with E-state index in [0.29, 0.717) is 17.1 Å².